The van der Waals surface area contributed by atoms with Crippen LogP contribution in [0, 0.1) is 0 Å². The number of rotatable bonds is 10. The lowest BCUT2D eigenvalue weighted by Gasteiger charge is -2.10. The number of carbonyl (C=O) groups is 2. The number of urea groups is 2. The lowest BCUT2D eigenvalue weighted by atomic mass is 10.2. The summed E-state index contributed by atoms with van der Waals surface area (Å²) in [6.07, 6.45) is 5.45. The Labute approximate surface area is 126 Å². The zero-order valence-electron chi connectivity index (χ0n) is 12.7. The SMILES string of the molecule is CCCCCNC(=O)NS(=O)(=O)NC(=O)NCCCCC. The lowest BCUT2D eigenvalue weighted by Crippen LogP contribution is -2.50. The number of nitrogens with one attached hydrogen (secondary N) is 4. The molecule has 0 atom stereocenters. The Hall–Kier alpha value is -1.51. The van der Waals surface area contributed by atoms with Crippen LogP contribution in [-0.4, -0.2) is 33.6 Å². The predicted molar refractivity (Wildman–Crippen MR) is 81.0 cm³/mol. The van der Waals surface area contributed by atoms with Crippen molar-refractivity contribution < 1.29 is 18.0 Å². The molecule has 0 fully saturated rings. The summed E-state index contributed by atoms with van der Waals surface area (Å²) in [7, 11) is -4.19. The van der Waals surface area contributed by atoms with E-state index in [-0.39, 0.29) is 0 Å². The highest BCUT2D eigenvalue weighted by molar-refractivity contribution is 7.88. The van der Waals surface area contributed by atoms with E-state index < -0.39 is 22.3 Å². The van der Waals surface area contributed by atoms with Gasteiger partial charge in [0.25, 0.3) is 0 Å². The molecule has 0 heterocycles. The summed E-state index contributed by atoms with van der Waals surface area (Å²) in [5, 5.41) is 4.81. The average molecular weight is 322 g/mol. The minimum absolute atomic E-state index is 0.387. The van der Waals surface area contributed by atoms with Gasteiger partial charge in [0.15, 0.2) is 0 Å². The number of carbonyl (C=O) groups excluding carboxylic acids is 2. The Morgan fingerprint density at radius 3 is 1.48 bits per heavy atom. The van der Waals surface area contributed by atoms with E-state index in [4.69, 9.17) is 0 Å². The van der Waals surface area contributed by atoms with Crippen molar-refractivity contribution in [3.63, 3.8) is 0 Å². The maximum Gasteiger partial charge on any atom is 0.329 e. The second-order valence-corrected chi connectivity index (χ2v) is 6.05. The van der Waals surface area contributed by atoms with Crippen molar-refractivity contribution in [2.24, 2.45) is 0 Å². The van der Waals surface area contributed by atoms with E-state index in [1.54, 1.807) is 9.44 Å². The van der Waals surface area contributed by atoms with Gasteiger partial charge in [-0.3, -0.25) is 0 Å². The molecule has 8 nitrogen and oxygen atoms in total. The number of unbranched alkanes of at least 4 members (excludes halogenated alkanes) is 4. The van der Waals surface area contributed by atoms with Gasteiger partial charge in [0.05, 0.1) is 0 Å². The molecule has 0 rings (SSSR count). The Morgan fingerprint density at radius 1 is 0.762 bits per heavy atom. The molecule has 4 N–H and O–H groups in total. The van der Waals surface area contributed by atoms with Crippen LogP contribution in [0.1, 0.15) is 52.4 Å². The van der Waals surface area contributed by atoms with Crippen LogP contribution in [-0.2, 0) is 10.2 Å². The first kappa shape index (κ1) is 19.5. The van der Waals surface area contributed by atoms with E-state index in [1.165, 1.54) is 0 Å². The van der Waals surface area contributed by atoms with Crippen molar-refractivity contribution >= 4 is 22.3 Å². The molecular formula is C12H26N4O4S. The standard InChI is InChI=1S/C12H26N4O4S/c1-3-5-7-9-13-11(17)15-21(19,20)16-12(18)14-10-8-6-4-2/h3-10H2,1-2H3,(H2,13,15,17)(H2,14,16,18). The quantitative estimate of drug-likeness (QED) is 0.452. The maximum absolute atomic E-state index is 11.5. The third kappa shape index (κ3) is 12.0. The third-order valence-electron chi connectivity index (χ3n) is 2.59. The molecule has 124 valence electrons. The fourth-order valence-corrected chi connectivity index (χ4v) is 2.18. The predicted octanol–water partition coefficient (Wildman–Crippen LogP) is 1.21. The minimum atomic E-state index is -4.19. The molecule has 0 aliphatic heterocycles. The van der Waals surface area contributed by atoms with E-state index in [9.17, 15) is 18.0 Å². The molecule has 0 aromatic carbocycles. The summed E-state index contributed by atoms with van der Waals surface area (Å²) in [6, 6.07) is -1.70. The number of hydrogen-bond acceptors (Lipinski definition) is 4. The largest absolute Gasteiger partial charge is 0.337 e. The minimum Gasteiger partial charge on any atom is -0.337 e. The highest BCUT2D eigenvalue weighted by atomic mass is 32.2. The first-order valence-corrected chi connectivity index (χ1v) is 8.75. The molecule has 0 spiro atoms. The van der Waals surface area contributed by atoms with Crippen molar-refractivity contribution in [2.45, 2.75) is 52.4 Å². The van der Waals surface area contributed by atoms with Crippen LogP contribution in [0.2, 0.25) is 0 Å². The first-order chi connectivity index (χ1) is 9.91. The monoisotopic (exact) mass is 322 g/mol. The molecule has 0 aromatic rings. The van der Waals surface area contributed by atoms with Crippen LogP contribution in [0.4, 0.5) is 9.59 Å². The molecule has 0 bridgehead atoms. The van der Waals surface area contributed by atoms with Crippen LogP contribution in [0.3, 0.4) is 0 Å². The van der Waals surface area contributed by atoms with Gasteiger partial charge in [-0.2, -0.15) is 8.42 Å². The van der Waals surface area contributed by atoms with Gasteiger partial charge in [-0.25, -0.2) is 19.0 Å². The van der Waals surface area contributed by atoms with Gasteiger partial charge < -0.3 is 10.6 Å². The smallest absolute Gasteiger partial charge is 0.329 e. The molecule has 0 aliphatic carbocycles. The Morgan fingerprint density at radius 2 is 1.14 bits per heavy atom. The van der Waals surface area contributed by atoms with Crippen molar-refractivity contribution in [1.82, 2.24) is 20.1 Å². The summed E-state index contributed by atoms with van der Waals surface area (Å²) in [5.41, 5.74) is 0. The normalized spacial score (nSPS) is 10.8. The van der Waals surface area contributed by atoms with Crippen molar-refractivity contribution in [1.29, 1.82) is 0 Å². The zero-order chi connectivity index (χ0) is 16.1. The van der Waals surface area contributed by atoms with Gasteiger partial charge in [0, 0.05) is 13.1 Å². The lowest BCUT2D eigenvalue weighted by molar-refractivity contribution is 0.244. The molecule has 21 heavy (non-hydrogen) atoms. The van der Waals surface area contributed by atoms with Crippen LogP contribution >= 0.6 is 0 Å². The highest BCUT2D eigenvalue weighted by Gasteiger charge is 2.16. The summed E-state index contributed by atoms with van der Waals surface area (Å²) in [5.74, 6) is 0. The second-order valence-electron chi connectivity index (χ2n) is 4.63. The molecule has 0 aliphatic rings. The van der Waals surface area contributed by atoms with E-state index in [0.29, 0.717) is 13.1 Å². The average Bonchev–Trinajstić information content (AvgIpc) is 2.38. The van der Waals surface area contributed by atoms with Gasteiger partial charge in [0.2, 0.25) is 0 Å². The van der Waals surface area contributed by atoms with Crippen LogP contribution in [0.25, 0.3) is 0 Å². The number of amides is 4. The van der Waals surface area contributed by atoms with E-state index in [2.05, 4.69) is 10.6 Å². The topological polar surface area (TPSA) is 116 Å². The first-order valence-electron chi connectivity index (χ1n) is 7.27. The summed E-state index contributed by atoms with van der Waals surface area (Å²) >= 11 is 0. The summed E-state index contributed by atoms with van der Waals surface area (Å²) in [4.78, 5) is 22.7. The molecule has 4 amide bonds. The third-order valence-corrected chi connectivity index (χ3v) is 3.49. The summed E-state index contributed by atoms with van der Waals surface area (Å²) in [6.45, 7) is 4.82. The van der Waals surface area contributed by atoms with Gasteiger partial charge in [-0.15, -0.1) is 0 Å². The molecule has 0 saturated carbocycles. The fourth-order valence-electron chi connectivity index (χ4n) is 1.50. The van der Waals surface area contributed by atoms with Gasteiger partial charge in [-0.1, -0.05) is 39.5 Å². The molecular weight excluding hydrogens is 296 g/mol. The fraction of sp³-hybridized carbons (Fsp3) is 0.833. The second kappa shape index (κ2) is 11.2. The molecule has 0 radical (unpaired) electrons. The highest BCUT2D eigenvalue weighted by Crippen LogP contribution is 1.92. The van der Waals surface area contributed by atoms with Crippen LogP contribution < -0.4 is 20.1 Å². The Kier molecular flexibility index (Phi) is 10.4. The van der Waals surface area contributed by atoms with Gasteiger partial charge in [-0.05, 0) is 12.8 Å². The van der Waals surface area contributed by atoms with E-state index >= 15 is 0 Å². The van der Waals surface area contributed by atoms with Crippen molar-refractivity contribution in [3.8, 4) is 0 Å². The van der Waals surface area contributed by atoms with E-state index in [1.807, 2.05) is 13.8 Å². The molecule has 0 aromatic heterocycles. The zero-order valence-corrected chi connectivity index (χ0v) is 13.5. The summed E-state index contributed by atoms with van der Waals surface area (Å²) < 4.78 is 26.4. The van der Waals surface area contributed by atoms with Crippen molar-refractivity contribution in [2.75, 3.05) is 13.1 Å². The molecule has 0 unspecified atom stereocenters. The molecule has 0 saturated heterocycles. The van der Waals surface area contributed by atoms with Gasteiger partial charge >= 0.3 is 22.3 Å². The Bertz CT molecular complexity index is 379. The number of hydrogen-bond donors (Lipinski definition) is 4. The van der Waals surface area contributed by atoms with Crippen LogP contribution in [0.15, 0.2) is 0 Å². The Balaban J connectivity index is 3.95. The molecule has 9 heteroatoms. The van der Waals surface area contributed by atoms with Crippen LogP contribution in [0.5, 0.6) is 0 Å². The van der Waals surface area contributed by atoms with Gasteiger partial charge in [0.1, 0.15) is 0 Å². The van der Waals surface area contributed by atoms with E-state index in [0.717, 1.165) is 38.5 Å². The van der Waals surface area contributed by atoms with Crippen molar-refractivity contribution in [3.05, 3.63) is 0 Å². The maximum atomic E-state index is 11.5.